The molecule has 1 aliphatic heterocycles. The molecule has 3 aliphatic carbocycles. The summed E-state index contributed by atoms with van der Waals surface area (Å²) in [5.41, 5.74) is 10.7. The first-order valence-electron chi connectivity index (χ1n) is 13.8. The topological polar surface area (TPSA) is 108 Å². The highest BCUT2D eigenvalue weighted by Gasteiger charge is 2.48. The SMILES string of the molecule is N#Cc1c(N)sc2c1[C@@]1(CCC2)CCCc2c1noc2-c1ccnc(N2CCCN(CC3CC3)CC2)n1. The molecule has 1 spiro atoms. The summed E-state index contributed by atoms with van der Waals surface area (Å²) in [5, 5.41) is 15.3. The van der Waals surface area contributed by atoms with Crippen molar-refractivity contribution >= 4 is 22.3 Å². The van der Waals surface area contributed by atoms with E-state index >= 15 is 0 Å². The number of fused-ring (bicyclic) bond motifs is 4. The number of nitrogens with two attached hydrogens (primary N) is 1. The van der Waals surface area contributed by atoms with Crippen LogP contribution >= 0.6 is 11.3 Å². The van der Waals surface area contributed by atoms with E-state index in [1.54, 1.807) is 11.3 Å². The molecule has 1 atom stereocenters. The van der Waals surface area contributed by atoms with E-state index in [4.69, 9.17) is 20.4 Å². The number of nitriles is 1. The first kappa shape index (κ1) is 23.2. The Morgan fingerprint density at radius 3 is 2.84 bits per heavy atom. The number of hydrogen-bond donors (Lipinski definition) is 1. The minimum Gasteiger partial charge on any atom is -0.389 e. The molecule has 0 amide bonds. The van der Waals surface area contributed by atoms with Crippen LogP contribution in [0.4, 0.5) is 10.9 Å². The van der Waals surface area contributed by atoms with Gasteiger partial charge in [-0.3, -0.25) is 0 Å². The van der Waals surface area contributed by atoms with Gasteiger partial charge in [0.05, 0.1) is 11.3 Å². The van der Waals surface area contributed by atoms with Crippen molar-refractivity contribution in [2.45, 2.75) is 63.2 Å². The van der Waals surface area contributed by atoms with Gasteiger partial charge in [-0.15, -0.1) is 11.3 Å². The fourth-order valence-corrected chi connectivity index (χ4v) is 8.06. The minimum atomic E-state index is -0.284. The maximum absolute atomic E-state index is 9.95. The van der Waals surface area contributed by atoms with Crippen LogP contribution in [-0.4, -0.2) is 52.7 Å². The van der Waals surface area contributed by atoms with Gasteiger partial charge in [-0.2, -0.15) is 5.26 Å². The van der Waals surface area contributed by atoms with Crippen molar-refractivity contribution in [3.63, 3.8) is 0 Å². The molecule has 0 radical (unpaired) electrons. The molecule has 0 unspecified atom stereocenters. The molecular formula is C28H33N7OS. The second kappa shape index (κ2) is 9.10. The summed E-state index contributed by atoms with van der Waals surface area (Å²) in [7, 11) is 0. The van der Waals surface area contributed by atoms with Crippen molar-refractivity contribution < 1.29 is 4.52 Å². The fraction of sp³-hybridized carbons (Fsp3) is 0.571. The van der Waals surface area contributed by atoms with Crippen LogP contribution in [-0.2, 0) is 18.3 Å². The van der Waals surface area contributed by atoms with Crippen molar-refractivity contribution in [2.24, 2.45) is 5.92 Å². The van der Waals surface area contributed by atoms with Crippen molar-refractivity contribution in [3.8, 4) is 17.5 Å². The quantitative estimate of drug-likeness (QED) is 0.540. The average molecular weight is 516 g/mol. The second-order valence-corrected chi connectivity index (χ2v) is 12.3. The zero-order valence-corrected chi connectivity index (χ0v) is 22.0. The Morgan fingerprint density at radius 2 is 2.00 bits per heavy atom. The summed E-state index contributed by atoms with van der Waals surface area (Å²) in [6, 6.07) is 4.35. The van der Waals surface area contributed by atoms with E-state index in [2.05, 4.69) is 20.9 Å². The molecule has 1 saturated heterocycles. The molecule has 192 valence electrons. The van der Waals surface area contributed by atoms with Crippen molar-refractivity contribution in [3.05, 3.63) is 39.5 Å². The molecule has 8 nitrogen and oxygen atoms in total. The Hall–Kier alpha value is -2.96. The van der Waals surface area contributed by atoms with Crippen LogP contribution in [0.2, 0.25) is 0 Å². The highest BCUT2D eigenvalue weighted by atomic mass is 32.1. The monoisotopic (exact) mass is 515 g/mol. The zero-order chi connectivity index (χ0) is 25.0. The molecule has 4 aliphatic rings. The molecule has 9 heteroatoms. The van der Waals surface area contributed by atoms with E-state index < -0.39 is 0 Å². The zero-order valence-electron chi connectivity index (χ0n) is 21.2. The molecule has 0 aromatic carbocycles. The van der Waals surface area contributed by atoms with Gasteiger partial charge in [-0.25, -0.2) is 9.97 Å². The summed E-state index contributed by atoms with van der Waals surface area (Å²) in [5.74, 6) is 2.46. The van der Waals surface area contributed by atoms with E-state index in [1.807, 2.05) is 12.3 Å². The Morgan fingerprint density at radius 1 is 1.14 bits per heavy atom. The number of hydrogen-bond acceptors (Lipinski definition) is 9. The van der Waals surface area contributed by atoms with Gasteiger partial charge in [0.2, 0.25) is 5.95 Å². The number of nitrogens with zero attached hydrogens (tertiary/aromatic N) is 6. The molecule has 2 N–H and O–H groups in total. The summed E-state index contributed by atoms with van der Waals surface area (Å²) < 4.78 is 6.08. The predicted octanol–water partition coefficient (Wildman–Crippen LogP) is 4.53. The molecule has 7 rings (SSSR count). The predicted molar refractivity (Wildman–Crippen MR) is 144 cm³/mol. The van der Waals surface area contributed by atoms with E-state index in [1.165, 1.54) is 24.3 Å². The maximum Gasteiger partial charge on any atom is 0.226 e. The van der Waals surface area contributed by atoms with Crippen LogP contribution in [0.25, 0.3) is 11.5 Å². The molecule has 4 heterocycles. The number of thiophene rings is 1. The third kappa shape index (κ3) is 3.93. The van der Waals surface area contributed by atoms with E-state index in [-0.39, 0.29) is 5.41 Å². The smallest absolute Gasteiger partial charge is 0.226 e. The normalized spacial score (nSPS) is 23.9. The molecule has 1 saturated carbocycles. The molecule has 3 aromatic rings. The lowest BCUT2D eigenvalue weighted by Crippen LogP contribution is -2.36. The first-order valence-corrected chi connectivity index (χ1v) is 14.6. The van der Waals surface area contributed by atoms with Gasteiger partial charge in [-0.05, 0) is 81.9 Å². The van der Waals surface area contributed by atoms with E-state index in [9.17, 15) is 5.26 Å². The lowest BCUT2D eigenvalue weighted by atomic mass is 9.62. The van der Waals surface area contributed by atoms with Crippen molar-refractivity contribution in [1.29, 1.82) is 5.26 Å². The van der Waals surface area contributed by atoms with Gasteiger partial charge in [0.15, 0.2) is 5.76 Å². The molecule has 37 heavy (non-hydrogen) atoms. The van der Waals surface area contributed by atoms with Gasteiger partial charge >= 0.3 is 0 Å². The van der Waals surface area contributed by atoms with Crippen LogP contribution in [0, 0.1) is 17.2 Å². The number of rotatable bonds is 4. The van der Waals surface area contributed by atoms with E-state index in [0.717, 1.165) is 111 Å². The van der Waals surface area contributed by atoms with Crippen molar-refractivity contribution in [2.75, 3.05) is 43.4 Å². The lowest BCUT2D eigenvalue weighted by molar-refractivity contribution is 0.281. The maximum atomic E-state index is 9.95. The van der Waals surface area contributed by atoms with Gasteiger partial charge in [-0.1, -0.05) is 5.16 Å². The standard InChI is InChI=1S/C28H33N7OS/c29-16-20-23-22(37-26(20)30)5-2-10-28(23)9-1-4-19-24(36-33-25(19)28)21-8-11-31-27(32-21)35-13-3-12-34(14-15-35)17-18-6-7-18/h8,11,18H,1-7,9-10,12-15,17,30H2/t28-/m0/s1. The molecule has 0 bridgehead atoms. The van der Waals surface area contributed by atoms with Gasteiger partial charge < -0.3 is 20.1 Å². The Balaban J connectivity index is 1.21. The van der Waals surface area contributed by atoms with Crippen LogP contribution in [0.1, 0.15) is 72.2 Å². The van der Waals surface area contributed by atoms with Crippen LogP contribution in [0.15, 0.2) is 16.8 Å². The Labute approximate surface area is 221 Å². The third-order valence-electron chi connectivity index (χ3n) is 8.84. The van der Waals surface area contributed by atoms with Crippen LogP contribution < -0.4 is 10.6 Å². The van der Waals surface area contributed by atoms with Crippen LogP contribution in [0.3, 0.4) is 0 Å². The first-order chi connectivity index (χ1) is 18.2. The summed E-state index contributed by atoms with van der Waals surface area (Å²) in [6.45, 7) is 5.39. The Kier molecular flexibility index (Phi) is 5.70. The summed E-state index contributed by atoms with van der Waals surface area (Å²) in [6.07, 6.45) is 11.7. The third-order valence-corrected chi connectivity index (χ3v) is 9.92. The number of nitrogen functional groups attached to an aromatic ring is 1. The highest BCUT2D eigenvalue weighted by Crippen LogP contribution is 2.54. The Bertz CT molecular complexity index is 1370. The van der Waals surface area contributed by atoms with Crippen LogP contribution in [0.5, 0.6) is 0 Å². The average Bonchev–Trinajstić information content (AvgIpc) is 3.58. The van der Waals surface area contributed by atoms with E-state index in [0.29, 0.717) is 10.6 Å². The molecular weight excluding hydrogens is 482 g/mol. The lowest BCUT2D eigenvalue weighted by Gasteiger charge is -2.39. The largest absolute Gasteiger partial charge is 0.389 e. The number of anilines is 2. The summed E-state index contributed by atoms with van der Waals surface area (Å²) >= 11 is 1.58. The highest BCUT2D eigenvalue weighted by molar-refractivity contribution is 7.16. The van der Waals surface area contributed by atoms with Gasteiger partial charge in [0.25, 0.3) is 0 Å². The summed E-state index contributed by atoms with van der Waals surface area (Å²) in [4.78, 5) is 15.8. The number of aryl methyl sites for hydroxylation is 1. The fourth-order valence-electron chi connectivity index (χ4n) is 6.90. The molecule has 2 fully saturated rings. The number of aromatic nitrogens is 3. The van der Waals surface area contributed by atoms with Gasteiger partial charge in [0.1, 0.15) is 16.8 Å². The van der Waals surface area contributed by atoms with Gasteiger partial charge in [0, 0.05) is 48.2 Å². The second-order valence-electron chi connectivity index (χ2n) is 11.2. The molecule has 3 aromatic heterocycles. The minimum absolute atomic E-state index is 0.284. The van der Waals surface area contributed by atoms with Crippen molar-refractivity contribution in [1.82, 2.24) is 20.0 Å².